The van der Waals surface area contributed by atoms with Gasteiger partial charge in [-0.1, -0.05) is 6.92 Å². The Hall–Kier alpha value is -0.650. The molecule has 15 heavy (non-hydrogen) atoms. The topological polar surface area (TPSA) is 90.4 Å². The predicted molar refractivity (Wildman–Crippen MR) is 58.2 cm³/mol. The number of nitrogens with two attached hydrogens (primary N) is 2. The molecule has 0 saturated carbocycles. The highest BCUT2D eigenvalue weighted by Crippen LogP contribution is 2.22. The summed E-state index contributed by atoms with van der Waals surface area (Å²) in [7, 11) is 0. The smallest absolute Gasteiger partial charge is 0.235 e. The fourth-order valence-corrected chi connectivity index (χ4v) is 1.90. The van der Waals surface area contributed by atoms with Crippen molar-refractivity contribution in [2.75, 3.05) is 19.7 Å². The third-order valence-corrected chi connectivity index (χ3v) is 2.88. The standard InChI is InChI=1S/C10H21N3O2/c1-2-9-7(3-4-15-9)5-13-6-8(11)10(12)14/h7-9,13H,2-6,11H2,1H3,(H2,12,14). The Kier molecular flexibility index (Phi) is 5.01. The Morgan fingerprint density at radius 1 is 1.67 bits per heavy atom. The van der Waals surface area contributed by atoms with Crippen molar-refractivity contribution in [2.45, 2.75) is 31.9 Å². The molecule has 3 unspecified atom stereocenters. The van der Waals surface area contributed by atoms with E-state index in [4.69, 9.17) is 16.2 Å². The van der Waals surface area contributed by atoms with Crippen LogP contribution in [0.25, 0.3) is 0 Å². The van der Waals surface area contributed by atoms with Crippen molar-refractivity contribution in [1.82, 2.24) is 5.32 Å². The van der Waals surface area contributed by atoms with Crippen LogP contribution in [0.15, 0.2) is 0 Å². The molecule has 0 spiro atoms. The van der Waals surface area contributed by atoms with Crippen LogP contribution in [0.1, 0.15) is 19.8 Å². The zero-order valence-electron chi connectivity index (χ0n) is 9.24. The first kappa shape index (κ1) is 12.4. The lowest BCUT2D eigenvalue weighted by Crippen LogP contribution is -2.45. The lowest BCUT2D eigenvalue weighted by molar-refractivity contribution is -0.119. The Morgan fingerprint density at radius 3 is 3.00 bits per heavy atom. The highest BCUT2D eigenvalue weighted by Gasteiger charge is 2.26. The highest BCUT2D eigenvalue weighted by atomic mass is 16.5. The molecular formula is C10H21N3O2. The molecule has 1 amide bonds. The van der Waals surface area contributed by atoms with Gasteiger partial charge in [-0.25, -0.2) is 0 Å². The van der Waals surface area contributed by atoms with Crippen LogP contribution in [0.5, 0.6) is 0 Å². The number of hydrogen-bond acceptors (Lipinski definition) is 4. The van der Waals surface area contributed by atoms with E-state index in [0.717, 1.165) is 26.0 Å². The Morgan fingerprint density at radius 2 is 2.40 bits per heavy atom. The molecule has 0 aromatic heterocycles. The van der Waals surface area contributed by atoms with Gasteiger partial charge in [0.15, 0.2) is 0 Å². The molecule has 0 aromatic rings. The second kappa shape index (κ2) is 6.05. The fourth-order valence-electron chi connectivity index (χ4n) is 1.90. The summed E-state index contributed by atoms with van der Waals surface area (Å²) in [5.41, 5.74) is 10.6. The van der Waals surface area contributed by atoms with Gasteiger partial charge in [0.05, 0.1) is 12.1 Å². The molecule has 0 radical (unpaired) electrons. The molecule has 3 atom stereocenters. The maximum absolute atomic E-state index is 10.7. The largest absolute Gasteiger partial charge is 0.378 e. The monoisotopic (exact) mass is 215 g/mol. The zero-order valence-corrected chi connectivity index (χ0v) is 9.24. The minimum Gasteiger partial charge on any atom is -0.378 e. The molecule has 1 heterocycles. The summed E-state index contributed by atoms with van der Waals surface area (Å²) < 4.78 is 5.56. The first-order chi connectivity index (χ1) is 7.15. The van der Waals surface area contributed by atoms with E-state index in [1.807, 2.05) is 0 Å². The second-order valence-electron chi connectivity index (χ2n) is 4.03. The predicted octanol–water partition coefficient (Wildman–Crippen LogP) is -0.796. The molecule has 1 fully saturated rings. The Bertz CT molecular complexity index is 211. The van der Waals surface area contributed by atoms with Crippen molar-refractivity contribution >= 4 is 5.91 Å². The lowest BCUT2D eigenvalue weighted by Gasteiger charge is -2.18. The van der Waals surface area contributed by atoms with Gasteiger partial charge in [-0.3, -0.25) is 4.79 Å². The number of nitrogens with one attached hydrogen (secondary N) is 1. The average molecular weight is 215 g/mol. The van der Waals surface area contributed by atoms with Crippen LogP contribution in [0.4, 0.5) is 0 Å². The van der Waals surface area contributed by atoms with Gasteiger partial charge >= 0.3 is 0 Å². The summed E-state index contributed by atoms with van der Waals surface area (Å²) in [4.78, 5) is 10.7. The van der Waals surface area contributed by atoms with Gasteiger partial charge in [-0.15, -0.1) is 0 Å². The van der Waals surface area contributed by atoms with E-state index in [0.29, 0.717) is 18.6 Å². The summed E-state index contributed by atoms with van der Waals surface area (Å²) in [5, 5.41) is 3.17. The van der Waals surface area contributed by atoms with Gasteiger partial charge in [0.1, 0.15) is 0 Å². The normalized spacial score (nSPS) is 27.9. The molecule has 0 aliphatic carbocycles. The van der Waals surface area contributed by atoms with Crippen LogP contribution in [-0.4, -0.2) is 37.7 Å². The molecule has 5 N–H and O–H groups in total. The van der Waals surface area contributed by atoms with Gasteiger partial charge in [0.2, 0.25) is 5.91 Å². The van der Waals surface area contributed by atoms with E-state index in [1.54, 1.807) is 0 Å². The number of amides is 1. The van der Waals surface area contributed by atoms with Gasteiger partial charge in [0.25, 0.3) is 0 Å². The molecule has 1 rings (SSSR count). The van der Waals surface area contributed by atoms with Crippen molar-refractivity contribution in [2.24, 2.45) is 17.4 Å². The van der Waals surface area contributed by atoms with Crippen LogP contribution in [0.2, 0.25) is 0 Å². The average Bonchev–Trinajstić information content (AvgIpc) is 2.65. The molecular weight excluding hydrogens is 194 g/mol. The summed E-state index contributed by atoms with van der Waals surface area (Å²) in [6, 6.07) is -0.590. The van der Waals surface area contributed by atoms with Crippen molar-refractivity contribution in [3.05, 3.63) is 0 Å². The molecule has 1 saturated heterocycles. The van der Waals surface area contributed by atoms with E-state index < -0.39 is 11.9 Å². The van der Waals surface area contributed by atoms with Crippen molar-refractivity contribution in [1.29, 1.82) is 0 Å². The Labute approximate surface area is 90.5 Å². The third kappa shape index (κ3) is 3.77. The van der Waals surface area contributed by atoms with Crippen LogP contribution < -0.4 is 16.8 Å². The first-order valence-corrected chi connectivity index (χ1v) is 5.52. The molecule has 1 aliphatic rings. The van der Waals surface area contributed by atoms with Gasteiger partial charge in [0, 0.05) is 19.7 Å². The van der Waals surface area contributed by atoms with Gasteiger partial charge in [-0.05, 0) is 18.8 Å². The minimum absolute atomic E-state index is 0.349. The molecule has 1 aliphatic heterocycles. The number of ether oxygens (including phenoxy) is 1. The van der Waals surface area contributed by atoms with Crippen LogP contribution in [0, 0.1) is 5.92 Å². The van der Waals surface area contributed by atoms with Crippen LogP contribution >= 0.6 is 0 Å². The van der Waals surface area contributed by atoms with Crippen LogP contribution in [0.3, 0.4) is 0 Å². The number of primary amides is 1. The van der Waals surface area contributed by atoms with Crippen molar-refractivity contribution in [3.63, 3.8) is 0 Å². The number of carbonyl (C=O) groups excluding carboxylic acids is 1. The van der Waals surface area contributed by atoms with E-state index >= 15 is 0 Å². The molecule has 88 valence electrons. The SMILES string of the molecule is CCC1OCCC1CNCC(N)C(N)=O. The van der Waals surface area contributed by atoms with Crippen molar-refractivity contribution < 1.29 is 9.53 Å². The van der Waals surface area contributed by atoms with E-state index in [9.17, 15) is 4.79 Å². The Balaban J connectivity index is 2.17. The summed E-state index contributed by atoms with van der Waals surface area (Å²) in [6.45, 7) is 4.26. The summed E-state index contributed by atoms with van der Waals surface area (Å²) in [5.74, 6) is 0.0762. The lowest BCUT2D eigenvalue weighted by atomic mass is 9.99. The maximum atomic E-state index is 10.7. The minimum atomic E-state index is -0.590. The van der Waals surface area contributed by atoms with Crippen LogP contribution in [-0.2, 0) is 9.53 Å². The molecule has 0 aromatic carbocycles. The first-order valence-electron chi connectivity index (χ1n) is 5.52. The van der Waals surface area contributed by atoms with Gasteiger partial charge in [-0.2, -0.15) is 0 Å². The molecule has 5 nitrogen and oxygen atoms in total. The van der Waals surface area contributed by atoms with Gasteiger partial charge < -0.3 is 21.5 Å². The summed E-state index contributed by atoms with van der Waals surface area (Å²) >= 11 is 0. The number of carbonyl (C=O) groups is 1. The van der Waals surface area contributed by atoms with Crippen molar-refractivity contribution in [3.8, 4) is 0 Å². The highest BCUT2D eigenvalue weighted by molar-refractivity contribution is 5.79. The maximum Gasteiger partial charge on any atom is 0.235 e. The number of hydrogen-bond donors (Lipinski definition) is 3. The second-order valence-corrected chi connectivity index (χ2v) is 4.03. The molecule has 5 heteroatoms. The van der Waals surface area contributed by atoms with E-state index in [2.05, 4.69) is 12.2 Å². The zero-order chi connectivity index (χ0) is 11.3. The van der Waals surface area contributed by atoms with E-state index in [-0.39, 0.29) is 0 Å². The fraction of sp³-hybridized carbons (Fsp3) is 0.900. The number of rotatable bonds is 6. The summed E-state index contributed by atoms with van der Waals surface area (Å²) in [6.07, 6.45) is 2.47. The molecule has 0 bridgehead atoms. The third-order valence-electron chi connectivity index (χ3n) is 2.88. The van der Waals surface area contributed by atoms with E-state index in [1.165, 1.54) is 0 Å². The quantitative estimate of drug-likeness (QED) is 0.541.